The van der Waals surface area contributed by atoms with Gasteiger partial charge in [0.1, 0.15) is 23.0 Å². The van der Waals surface area contributed by atoms with Crippen LogP contribution in [0.4, 0.5) is 0 Å². The molecular formula is C31H24NO2P. The number of benzene rings is 4. The molecule has 4 heteroatoms. The lowest BCUT2D eigenvalue weighted by Crippen LogP contribution is -2.15. The average molecular weight is 474 g/mol. The quantitative estimate of drug-likeness (QED) is 0.246. The third-order valence-electron chi connectivity index (χ3n) is 6.26. The van der Waals surface area contributed by atoms with Crippen LogP contribution in [0.1, 0.15) is 5.69 Å². The Labute approximate surface area is 206 Å². The van der Waals surface area contributed by atoms with E-state index in [0.717, 1.165) is 50.9 Å². The van der Waals surface area contributed by atoms with Gasteiger partial charge in [-0.15, -0.1) is 0 Å². The normalized spacial score (nSPS) is 14.2. The van der Waals surface area contributed by atoms with Crippen LogP contribution >= 0.6 is 7.92 Å². The summed E-state index contributed by atoms with van der Waals surface area (Å²) in [6, 6.07) is 35.4. The van der Waals surface area contributed by atoms with Gasteiger partial charge in [-0.05, 0) is 80.7 Å². The Bertz CT molecular complexity index is 1550. The minimum atomic E-state index is -0.652. The molecule has 170 valence electrons. The molecule has 3 nitrogen and oxygen atoms in total. The van der Waals surface area contributed by atoms with Crippen LogP contribution < -0.4 is 20.1 Å². The van der Waals surface area contributed by atoms with Crippen LogP contribution in [0.5, 0.6) is 23.0 Å². The first-order valence-corrected chi connectivity index (χ1v) is 13.4. The second-order valence-electron chi connectivity index (χ2n) is 8.62. The molecule has 1 aliphatic rings. The van der Waals surface area contributed by atoms with Gasteiger partial charge in [0.15, 0.2) is 0 Å². The molecule has 0 aliphatic carbocycles. The maximum absolute atomic E-state index is 6.64. The fourth-order valence-electron chi connectivity index (χ4n) is 4.50. The first-order valence-electron chi connectivity index (χ1n) is 11.6. The highest BCUT2D eigenvalue weighted by Crippen LogP contribution is 2.43. The molecule has 0 radical (unpaired) electrons. The molecule has 4 aromatic carbocycles. The smallest absolute Gasteiger partial charge is 0.139 e. The minimum Gasteiger partial charge on any atom is -0.457 e. The van der Waals surface area contributed by atoms with Crippen molar-refractivity contribution in [3.63, 3.8) is 0 Å². The van der Waals surface area contributed by atoms with E-state index in [-0.39, 0.29) is 0 Å². The lowest BCUT2D eigenvalue weighted by Gasteiger charge is -2.23. The predicted octanol–water partition coefficient (Wildman–Crippen LogP) is 7.68. The Morgan fingerprint density at radius 3 is 2.06 bits per heavy atom. The van der Waals surface area contributed by atoms with Gasteiger partial charge in [0, 0.05) is 34.1 Å². The van der Waals surface area contributed by atoms with Gasteiger partial charge in [-0.3, -0.25) is 4.98 Å². The zero-order valence-electron chi connectivity index (χ0n) is 19.6. The standard InChI is InChI=1S/C31H24NO2P/c1-21-18-23(16-17-32-21)22-8-7-9-24(19-22)26-15-14-25-20-29(26)34-28-11-4-6-13-31(28)35(2)30-12-5-3-10-27(30)33-25/h3-20H,1-2H3. The molecule has 35 heavy (non-hydrogen) atoms. The molecule has 5 aromatic rings. The Hall–Kier alpha value is -3.94. The molecule has 0 amide bonds. The monoisotopic (exact) mass is 473 g/mol. The number of aromatic nitrogens is 1. The number of hydrogen-bond donors (Lipinski definition) is 0. The van der Waals surface area contributed by atoms with E-state index in [2.05, 4.69) is 78.4 Å². The van der Waals surface area contributed by atoms with E-state index in [1.807, 2.05) is 49.5 Å². The first-order chi connectivity index (χ1) is 17.2. The predicted molar refractivity (Wildman–Crippen MR) is 145 cm³/mol. The molecule has 1 unspecified atom stereocenters. The van der Waals surface area contributed by atoms with Crippen molar-refractivity contribution in [3.05, 3.63) is 115 Å². The third kappa shape index (κ3) is 4.20. The maximum atomic E-state index is 6.64. The topological polar surface area (TPSA) is 31.4 Å². The van der Waals surface area contributed by atoms with Crippen molar-refractivity contribution >= 4 is 18.5 Å². The molecular weight excluding hydrogens is 449 g/mol. The van der Waals surface area contributed by atoms with Crippen LogP contribution in [0.15, 0.2) is 109 Å². The fraction of sp³-hybridized carbons (Fsp3) is 0.0645. The summed E-state index contributed by atoms with van der Waals surface area (Å²) in [5.41, 5.74) is 5.41. The van der Waals surface area contributed by atoms with Crippen molar-refractivity contribution in [1.82, 2.24) is 4.98 Å². The van der Waals surface area contributed by atoms with Crippen molar-refractivity contribution in [2.24, 2.45) is 0 Å². The zero-order valence-corrected chi connectivity index (χ0v) is 20.5. The number of nitrogens with zero attached hydrogens (tertiary/aromatic N) is 1. The Morgan fingerprint density at radius 2 is 1.29 bits per heavy atom. The van der Waals surface area contributed by atoms with Gasteiger partial charge < -0.3 is 9.47 Å². The highest BCUT2D eigenvalue weighted by atomic mass is 31.1. The maximum Gasteiger partial charge on any atom is 0.139 e. The van der Waals surface area contributed by atoms with Crippen molar-refractivity contribution in [2.75, 3.05) is 6.66 Å². The minimum absolute atomic E-state index is 0.652. The molecule has 0 N–H and O–H groups in total. The van der Waals surface area contributed by atoms with Gasteiger partial charge >= 0.3 is 0 Å². The number of pyridine rings is 1. The summed E-state index contributed by atoms with van der Waals surface area (Å²) in [4.78, 5) is 4.34. The summed E-state index contributed by atoms with van der Waals surface area (Å²) in [6.45, 7) is 4.27. The van der Waals surface area contributed by atoms with E-state index < -0.39 is 7.92 Å². The zero-order chi connectivity index (χ0) is 23.8. The van der Waals surface area contributed by atoms with E-state index in [4.69, 9.17) is 9.47 Å². The van der Waals surface area contributed by atoms with Crippen LogP contribution in [0.3, 0.4) is 0 Å². The van der Waals surface area contributed by atoms with Crippen molar-refractivity contribution in [1.29, 1.82) is 0 Å². The number of hydrogen-bond acceptors (Lipinski definition) is 3. The third-order valence-corrected chi connectivity index (χ3v) is 8.44. The summed E-state index contributed by atoms with van der Waals surface area (Å²) < 4.78 is 13.0. The fourth-order valence-corrected chi connectivity index (χ4v) is 6.28. The van der Waals surface area contributed by atoms with Gasteiger partial charge in [-0.2, -0.15) is 0 Å². The number of fused-ring (bicyclic) bond motifs is 4. The van der Waals surface area contributed by atoms with Crippen LogP contribution in [-0.2, 0) is 0 Å². The van der Waals surface area contributed by atoms with Crippen molar-refractivity contribution in [3.8, 4) is 45.3 Å². The SMILES string of the molecule is Cc1cc(-c2cccc(-c3ccc4cc3Oc3ccccc3P(C)c3ccccc3O4)c2)ccn1. The second-order valence-corrected chi connectivity index (χ2v) is 10.7. The van der Waals surface area contributed by atoms with Crippen LogP contribution in [0.25, 0.3) is 22.3 Å². The Morgan fingerprint density at radius 1 is 0.600 bits per heavy atom. The molecule has 2 heterocycles. The van der Waals surface area contributed by atoms with E-state index in [1.165, 1.54) is 10.6 Å². The Kier molecular flexibility index (Phi) is 5.56. The lowest BCUT2D eigenvalue weighted by atomic mass is 9.98. The second kappa shape index (κ2) is 9.02. The first kappa shape index (κ1) is 21.6. The lowest BCUT2D eigenvalue weighted by molar-refractivity contribution is 0.464. The van der Waals surface area contributed by atoms with Gasteiger partial charge in [-0.1, -0.05) is 54.6 Å². The molecule has 2 bridgehead atoms. The molecule has 6 rings (SSSR count). The highest BCUT2D eigenvalue weighted by Gasteiger charge is 2.21. The van der Waals surface area contributed by atoms with E-state index >= 15 is 0 Å². The van der Waals surface area contributed by atoms with Gasteiger partial charge in [-0.25, -0.2) is 0 Å². The van der Waals surface area contributed by atoms with Gasteiger partial charge in [0.05, 0.1) is 0 Å². The molecule has 0 saturated heterocycles. The summed E-state index contributed by atoms with van der Waals surface area (Å²) >= 11 is 0. The van der Waals surface area contributed by atoms with E-state index in [1.54, 1.807) is 0 Å². The molecule has 1 atom stereocenters. The molecule has 0 saturated carbocycles. The molecule has 1 aromatic heterocycles. The van der Waals surface area contributed by atoms with Gasteiger partial charge in [0.2, 0.25) is 0 Å². The average Bonchev–Trinajstić information content (AvgIpc) is 2.89. The van der Waals surface area contributed by atoms with Crippen molar-refractivity contribution < 1.29 is 9.47 Å². The van der Waals surface area contributed by atoms with Crippen molar-refractivity contribution in [2.45, 2.75) is 6.92 Å². The summed E-state index contributed by atoms with van der Waals surface area (Å²) in [5, 5.41) is 2.39. The number of ether oxygens (including phenoxy) is 2. The van der Waals surface area contributed by atoms with E-state index in [0.29, 0.717) is 0 Å². The largest absolute Gasteiger partial charge is 0.457 e. The van der Waals surface area contributed by atoms with Gasteiger partial charge in [0.25, 0.3) is 0 Å². The number of aryl methyl sites for hydroxylation is 1. The summed E-state index contributed by atoms with van der Waals surface area (Å²) in [5.74, 6) is 3.32. The van der Waals surface area contributed by atoms with E-state index in [9.17, 15) is 0 Å². The summed E-state index contributed by atoms with van der Waals surface area (Å²) in [6.07, 6.45) is 1.86. The Balaban J connectivity index is 1.50. The molecule has 0 fully saturated rings. The molecule has 1 aliphatic heterocycles. The van der Waals surface area contributed by atoms with Crippen LogP contribution in [0.2, 0.25) is 0 Å². The van der Waals surface area contributed by atoms with Crippen LogP contribution in [0, 0.1) is 6.92 Å². The highest BCUT2D eigenvalue weighted by molar-refractivity contribution is 7.72. The van der Waals surface area contributed by atoms with Crippen LogP contribution in [-0.4, -0.2) is 11.6 Å². The number of para-hydroxylation sites is 2. The summed E-state index contributed by atoms with van der Waals surface area (Å²) in [7, 11) is -0.652. The number of rotatable bonds is 2. The molecule has 0 spiro atoms.